The Labute approximate surface area is 138 Å². The summed E-state index contributed by atoms with van der Waals surface area (Å²) in [5, 5.41) is 0.952. The summed E-state index contributed by atoms with van der Waals surface area (Å²) < 4.78 is 1.09. The molecule has 0 saturated heterocycles. The monoisotopic (exact) mass is 369 g/mol. The van der Waals surface area contributed by atoms with Crippen LogP contribution in [0.2, 0.25) is 5.02 Å². The van der Waals surface area contributed by atoms with Crippen molar-refractivity contribution in [1.82, 2.24) is 0 Å². The van der Waals surface area contributed by atoms with Crippen LogP contribution in [0.1, 0.15) is 24.2 Å². The second-order valence-electron chi connectivity index (χ2n) is 4.56. The second kappa shape index (κ2) is 7.51. The van der Waals surface area contributed by atoms with Crippen molar-refractivity contribution < 1.29 is 0 Å². The Kier molecular flexibility index (Phi) is 5.97. The van der Waals surface area contributed by atoms with E-state index in [1.54, 1.807) is 11.8 Å². The van der Waals surface area contributed by atoms with Gasteiger partial charge >= 0.3 is 0 Å². The number of rotatable bonds is 5. The van der Waals surface area contributed by atoms with Gasteiger partial charge in [-0.25, -0.2) is 0 Å². The molecule has 2 rings (SSSR count). The maximum Gasteiger partial charge on any atom is 0.0542 e. The zero-order valence-corrected chi connectivity index (χ0v) is 14.4. The number of hydrogen-bond acceptors (Lipinski definition) is 2. The maximum absolute atomic E-state index is 6.33. The molecule has 2 N–H and O–H groups in total. The molecule has 0 aliphatic heterocycles. The van der Waals surface area contributed by atoms with Gasteiger partial charge < -0.3 is 5.73 Å². The molecule has 2 atom stereocenters. The lowest BCUT2D eigenvalue weighted by Crippen LogP contribution is -2.25. The predicted octanol–water partition coefficient (Wildman–Crippen LogP) is 5.67. The zero-order chi connectivity index (χ0) is 14.5. The molecule has 0 aliphatic carbocycles. The van der Waals surface area contributed by atoms with E-state index < -0.39 is 0 Å². The van der Waals surface area contributed by atoms with Crippen LogP contribution in [0.15, 0.2) is 57.9 Å². The predicted molar refractivity (Wildman–Crippen MR) is 92.5 cm³/mol. The van der Waals surface area contributed by atoms with Gasteiger partial charge in [-0.1, -0.05) is 64.8 Å². The Hall–Kier alpha value is -0.480. The molecule has 1 nitrogen and oxygen atoms in total. The molecule has 20 heavy (non-hydrogen) atoms. The SMILES string of the molecule is CCC(N)C(Sc1ccccc1Cl)c1ccccc1Br. The fourth-order valence-corrected chi connectivity index (χ4v) is 4.24. The van der Waals surface area contributed by atoms with Crippen molar-refractivity contribution in [2.24, 2.45) is 5.73 Å². The normalized spacial score (nSPS) is 14.0. The first-order chi connectivity index (χ1) is 9.63. The Morgan fingerprint density at radius 3 is 2.45 bits per heavy atom. The Balaban J connectivity index is 2.35. The first-order valence-electron chi connectivity index (χ1n) is 6.54. The van der Waals surface area contributed by atoms with Gasteiger partial charge in [-0.2, -0.15) is 0 Å². The van der Waals surface area contributed by atoms with Gasteiger partial charge in [-0.05, 0) is 30.2 Å². The van der Waals surface area contributed by atoms with Crippen molar-refractivity contribution in [1.29, 1.82) is 0 Å². The highest BCUT2D eigenvalue weighted by atomic mass is 79.9. The molecule has 0 saturated carbocycles. The molecular weight excluding hydrogens is 354 g/mol. The minimum atomic E-state index is 0.0787. The summed E-state index contributed by atoms with van der Waals surface area (Å²) in [5.41, 5.74) is 7.55. The van der Waals surface area contributed by atoms with E-state index in [1.807, 2.05) is 36.4 Å². The van der Waals surface area contributed by atoms with Crippen LogP contribution in [0.5, 0.6) is 0 Å². The topological polar surface area (TPSA) is 26.0 Å². The highest BCUT2D eigenvalue weighted by Gasteiger charge is 2.22. The Morgan fingerprint density at radius 2 is 1.80 bits per heavy atom. The quantitative estimate of drug-likeness (QED) is 0.686. The molecule has 2 aromatic carbocycles. The molecular formula is C16H17BrClNS. The van der Waals surface area contributed by atoms with Gasteiger partial charge in [0, 0.05) is 15.4 Å². The van der Waals surface area contributed by atoms with Crippen LogP contribution < -0.4 is 5.73 Å². The first-order valence-corrected chi connectivity index (χ1v) is 8.59. The number of hydrogen-bond donors (Lipinski definition) is 1. The molecule has 0 aliphatic rings. The van der Waals surface area contributed by atoms with E-state index in [4.69, 9.17) is 17.3 Å². The standard InChI is InChI=1S/C16H17BrClNS/c1-2-14(19)16(11-7-3-4-8-12(11)17)20-15-10-6-5-9-13(15)18/h3-10,14,16H,2,19H2,1H3. The molecule has 106 valence electrons. The number of benzene rings is 2. The van der Waals surface area contributed by atoms with E-state index >= 15 is 0 Å². The van der Waals surface area contributed by atoms with Crippen molar-refractivity contribution in [3.63, 3.8) is 0 Å². The van der Waals surface area contributed by atoms with Crippen LogP contribution in [0, 0.1) is 0 Å². The summed E-state index contributed by atoms with van der Waals surface area (Å²) in [5.74, 6) is 0. The smallest absolute Gasteiger partial charge is 0.0542 e. The molecule has 0 spiro atoms. The van der Waals surface area contributed by atoms with E-state index in [-0.39, 0.29) is 11.3 Å². The number of nitrogens with two attached hydrogens (primary N) is 1. The molecule has 0 fully saturated rings. The van der Waals surface area contributed by atoms with Crippen LogP contribution in [-0.2, 0) is 0 Å². The van der Waals surface area contributed by atoms with Crippen molar-refractivity contribution in [2.75, 3.05) is 0 Å². The van der Waals surface area contributed by atoms with Gasteiger partial charge in [0.2, 0.25) is 0 Å². The van der Waals surface area contributed by atoms with Gasteiger partial charge in [0.1, 0.15) is 0 Å². The van der Waals surface area contributed by atoms with Crippen molar-refractivity contribution in [3.8, 4) is 0 Å². The fourth-order valence-electron chi connectivity index (χ4n) is 1.98. The summed E-state index contributed by atoms with van der Waals surface area (Å²) in [6.45, 7) is 2.11. The molecule has 2 unspecified atom stereocenters. The van der Waals surface area contributed by atoms with E-state index in [0.717, 1.165) is 20.8 Å². The van der Waals surface area contributed by atoms with Gasteiger partial charge in [-0.15, -0.1) is 11.8 Å². The molecule has 0 bridgehead atoms. The maximum atomic E-state index is 6.33. The summed E-state index contributed by atoms with van der Waals surface area (Å²) in [6.07, 6.45) is 0.920. The number of halogens is 2. The summed E-state index contributed by atoms with van der Waals surface area (Å²) in [4.78, 5) is 1.07. The molecule has 0 amide bonds. The van der Waals surface area contributed by atoms with Gasteiger partial charge in [0.15, 0.2) is 0 Å². The third kappa shape index (κ3) is 3.79. The van der Waals surface area contributed by atoms with E-state index in [0.29, 0.717) is 0 Å². The highest BCUT2D eigenvalue weighted by molar-refractivity contribution is 9.10. The molecule has 0 heterocycles. The number of thioether (sulfide) groups is 1. The Bertz CT molecular complexity index is 576. The van der Waals surface area contributed by atoms with Crippen LogP contribution in [0.25, 0.3) is 0 Å². The zero-order valence-electron chi connectivity index (χ0n) is 11.2. The molecule has 2 aromatic rings. The van der Waals surface area contributed by atoms with Crippen LogP contribution in [0.3, 0.4) is 0 Å². The second-order valence-corrected chi connectivity index (χ2v) is 7.01. The minimum absolute atomic E-state index is 0.0787. The van der Waals surface area contributed by atoms with Gasteiger partial charge in [0.25, 0.3) is 0 Å². The lowest BCUT2D eigenvalue weighted by Gasteiger charge is -2.24. The third-order valence-corrected chi connectivity index (χ3v) is 5.79. The van der Waals surface area contributed by atoms with E-state index in [9.17, 15) is 0 Å². The summed E-state index contributed by atoms with van der Waals surface area (Å²) in [6, 6.07) is 16.2. The minimum Gasteiger partial charge on any atom is -0.326 e. The van der Waals surface area contributed by atoms with Crippen molar-refractivity contribution >= 4 is 39.3 Å². The highest BCUT2D eigenvalue weighted by Crippen LogP contribution is 2.43. The average molecular weight is 371 g/mol. The molecule has 4 heteroatoms. The summed E-state index contributed by atoms with van der Waals surface area (Å²) in [7, 11) is 0. The van der Waals surface area contributed by atoms with E-state index in [1.165, 1.54) is 5.56 Å². The van der Waals surface area contributed by atoms with Gasteiger partial charge in [-0.3, -0.25) is 0 Å². The molecule has 0 radical (unpaired) electrons. The van der Waals surface area contributed by atoms with Crippen LogP contribution in [0.4, 0.5) is 0 Å². The van der Waals surface area contributed by atoms with Crippen molar-refractivity contribution in [2.45, 2.75) is 29.5 Å². The lowest BCUT2D eigenvalue weighted by molar-refractivity contribution is 0.633. The largest absolute Gasteiger partial charge is 0.326 e. The lowest BCUT2D eigenvalue weighted by atomic mass is 10.0. The summed E-state index contributed by atoms with van der Waals surface area (Å²) >= 11 is 11.6. The average Bonchev–Trinajstić information content (AvgIpc) is 2.47. The van der Waals surface area contributed by atoms with Crippen molar-refractivity contribution in [3.05, 3.63) is 63.6 Å². The third-order valence-electron chi connectivity index (χ3n) is 3.16. The van der Waals surface area contributed by atoms with Crippen LogP contribution in [-0.4, -0.2) is 6.04 Å². The van der Waals surface area contributed by atoms with E-state index in [2.05, 4.69) is 35.0 Å². The first kappa shape index (κ1) is 15.9. The molecule has 0 aromatic heterocycles. The van der Waals surface area contributed by atoms with Crippen LogP contribution >= 0.6 is 39.3 Å². The van der Waals surface area contributed by atoms with Gasteiger partial charge in [0.05, 0.1) is 10.3 Å². The fraction of sp³-hybridized carbons (Fsp3) is 0.250. The Morgan fingerprint density at radius 1 is 1.15 bits per heavy atom.